The highest BCUT2D eigenvalue weighted by molar-refractivity contribution is 7.93. The monoisotopic (exact) mass is 407 g/mol. The Bertz CT molecular complexity index is 1050. The second-order valence-electron chi connectivity index (χ2n) is 6.27. The van der Waals surface area contributed by atoms with E-state index in [0.717, 1.165) is 60.8 Å². The van der Waals surface area contributed by atoms with Crippen LogP contribution in [0.4, 0.5) is 9.52 Å². The number of benzene rings is 2. The number of nitrogens with zero attached hydrogens (tertiary/aromatic N) is 2. The number of halogens is 1. The van der Waals surface area contributed by atoms with Gasteiger partial charge in [-0.2, -0.15) is 0 Å². The fourth-order valence-electron chi connectivity index (χ4n) is 2.92. The quantitative estimate of drug-likeness (QED) is 0.704. The topological polar surface area (TPSA) is 71.5 Å². The number of rotatable bonds is 5. The van der Waals surface area contributed by atoms with Gasteiger partial charge >= 0.3 is 0 Å². The van der Waals surface area contributed by atoms with E-state index in [0.29, 0.717) is 0 Å². The van der Waals surface area contributed by atoms with E-state index < -0.39 is 15.8 Å². The number of sulfonamides is 1. The Hall–Kier alpha value is -2.07. The summed E-state index contributed by atoms with van der Waals surface area (Å²) in [6, 6.07) is 10.6. The van der Waals surface area contributed by atoms with Crippen molar-refractivity contribution in [3.63, 3.8) is 0 Å². The fourth-order valence-corrected chi connectivity index (χ4v) is 5.08. The molecule has 1 fully saturated rings. The van der Waals surface area contributed by atoms with Crippen molar-refractivity contribution in [2.45, 2.75) is 11.4 Å². The van der Waals surface area contributed by atoms with Gasteiger partial charge in [-0.15, -0.1) is 0 Å². The van der Waals surface area contributed by atoms with E-state index in [4.69, 9.17) is 4.74 Å². The van der Waals surface area contributed by atoms with Crippen LogP contribution in [0.25, 0.3) is 10.2 Å². The van der Waals surface area contributed by atoms with Gasteiger partial charge in [0, 0.05) is 19.6 Å². The predicted octanol–water partition coefficient (Wildman–Crippen LogP) is 3.07. The molecule has 0 atom stereocenters. The Labute approximate surface area is 160 Å². The van der Waals surface area contributed by atoms with Crippen LogP contribution < -0.4 is 4.72 Å². The summed E-state index contributed by atoms with van der Waals surface area (Å²) >= 11 is 1.28. The lowest BCUT2D eigenvalue weighted by Crippen LogP contribution is -2.35. The average molecular weight is 407 g/mol. The molecule has 9 heteroatoms. The number of hydrogen-bond donors (Lipinski definition) is 1. The van der Waals surface area contributed by atoms with E-state index in [1.165, 1.54) is 23.5 Å². The summed E-state index contributed by atoms with van der Waals surface area (Å²) in [4.78, 5) is 6.67. The van der Waals surface area contributed by atoms with Crippen LogP contribution in [0.1, 0.15) is 5.56 Å². The molecule has 2 heterocycles. The molecule has 2 aromatic carbocycles. The summed E-state index contributed by atoms with van der Waals surface area (Å²) < 4.78 is 46.6. The Morgan fingerprint density at radius 3 is 2.63 bits per heavy atom. The van der Waals surface area contributed by atoms with Crippen LogP contribution in [0, 0.1) is 5.82 Å². The van der Waals surface area contributed by atoms with E-state index in [9.17, 15) is 12.8 Å². The number of ether oxygens (including phenoxy) is 1. The molecule has 1 aliphatic heterocycles. The summed E-state index contributed by atoms with van der Waals surface area (Å²) in [5.41, 5.74) is 1.89. The number of fused-ring (bicyclic) bond motifs is 1. The van der Waals surface area contributed by atoms with Gasteiger partial charge in [0.1, 0.15) is 5.82 Å². The molecule has 1 aromatic heterocycles. The maximum atomic E-state index is 13.0. The Kier molecular flexibility index (Phi) is 5.09. The fraction of sp³-hybridized carbons (Fsp3) is 0.278. The lowest BCUT2D eigenvalue weighted by molar-refractivity contribution is 0.0342. The Balaban J connectivity index is 1.53. The van der Waals surface area contributed by atoms with Crippen molar-refractivity contribution >= 4 is 36.7 Å². The minimum Gasteiger partial charge on any atom is -0.379 e. The van der Waals surface area contributed by atoms with Gasteiger partial charge in [-0.1, -0.05) is 17.4 Å². The van der Waals surface area contributed by atoms with Gasteiger partial charge in [-0.25, -0.2) is 17.8 Å². The predicted molar refractivity (Wildman–Crippen MR) is 103 cm³/mol. The first kappa shape index (κ1) is 18.3. The second kappa shape index (κ2) is 7.51. The van der Waals surface area contributed by atoms with Crippen LogP contribution in [-0.2, 0) is 21.3 Å². The Morgan fingerprint density at radius 1 is 1.15 bits per heavy atom. The maximum Gasteiger partial charge on any atom is 0.263 e. The SMILES string of the molecule is O=S(=O)(Nc1nc2ccc(CN3CCOCC3)cc2s1)c1ccc(F)cc1. The van der Waals surface area contributed by atoms with E-state index in [1.54, 1.807) is 0 Å². The molecule has 0 saturated carbocycles. The first-order valence-corrected chi connectivity index (χ1v) is 10.8. The molecule has 0 aliphatic carbocycles. The molecule has 0 unspecified atom stereocenters. The van der Waals surface area contributed by atoms with Gasteiger partial charge in [0.05, 0.1) is 28.3 Å². The summed E-state index contributed by atoms with van der Waals surface area (Å²) in [7, 11) is -3.80. The molecule has 1 N–H and O–H groups in total. The zero-order valence-electron chi connectivity index (χ0n) is 14.4. The molecule has 27 heavy (non-hydrogen) atoms. The van der Waals surface area contributed by atoms with Crippen LogP contribution >= 0.6 is 11.3 Å². The minimum absolute atomic E-state index is 0.00355. The number of morpholine rings is 1. The van der Waals surface area contributed by atoms with Gasteiger partial charge < -0.3 is 4.74 Å². The average Bonchev–Trinajstić information content (AvgIpc) is 3.03. The van der Waals surface area contributed by atoms with Crippen LogP contribution in [-0.4, -0.2) is 44.6 Å². The first-order chi connectivity index (χ1) is 13.0. The van der Waals surface area contributed by atoms with Gasteiger partial charge in [0.25, 0.3) is 10.0 Å². The third-order valence-electron chi connectivity index (χ3n) is 4.31. The highest BCUT2D eigenvalue weighted by Gasteiger charge is 2.17. The van der Waals surface area contributed by atoms with Crippen LogP contribution in [0.3, 0.4) is 0 Å². The molecule has 142 valence electrons. The van der Waals surface area contributed by atoms with Crippen molar-refractivity contribution in [1.82, 2.24) is 9.88 Å². The van der Waals surface area contributed by atoms with Crippen molar-refractivity contribution in [3.05, 3.63) is 53.8 Å². The van der Waals surface area contributed by atoms with E-state index >= 15 is 0 Å². The number of nitrogens with one attached hydrogen (secondary N) is 1. The van der Waals surface area contributed by atoms with Crippen LogP contribution in [0.15, 0.2) is 47.4 Å². The van der Waals surface area contributed by atoms with Crippen LogP contribution in [0.5, 0.6) is 0 Å². The summed E-state index contributed by atoms with van der Waals surface area (Å²) in [5.74, 6) is -0.485. The number of hydrogen-bond acceptors (Lipinski definition) is 6. The van der Waals surface area contributed by atoms with Crippen molar-refractivity contribution in [3.8, 4) is 0 Å². The first-order valence-electron chi connectivity index (χ1n) is 8.48. The number of anilines is 1. The number of aromatic nitrogens is 1. The molecule has 1 aliphatic rings. The standard InChI is InChI=1S/C18H18FN3O3S2/c19-14-2-4-15(5-3-14)27(23,24)21-18-20-16-6-1-13(11-17(16)26-18)12-22-7-9-25-10-8-22/h1-6,11H,7-10,12H2,(H,20,21). The van der Waals surface area contributed by atoms with Gasteiger partial charge in [-0.05, 0) is 42.0 Å². The molecule has 6 nitrogen and oxygen atoms in total. The third-order valence-corrected chi connectivity index (χ3v) is 6.73. The zero-order chi connectivity index (χ0) is 18.9. The molecular formula is C18H18FN3O3S2. The van der Waals surface area contributed by atoms with Gasteiger partial charge in [0.2, 0.25) is 0 Å². The lowest BCUT2D eigenvalue weighted by Gasteiger charge is -2.26. The Morgan fingerprint density at radius 2 is 1.89 bits per heavy atom. The summed E-state index contributed by atoms with van der Waals surface area (Å²) in [5, 5.41) is 0.290. The smallest absolute Gasteiger partial charge is 0.263 e. The maximum absolute atomic E-state index is 13.0. The van der Waals surface area contributed by atoms with Gasteiger partial charge in [-0.3, -0.25) is 9.62 Å². The molecule has 0 amide bonds. The van der Waals surface area contributed by atoms with Crippen molar-refractivity contribution < 1.29 is 17.5 Å². The molecule has 1 saturated heterocycles. The zero-order valence-corrected chi connectivity index (χ0v) is 16.0. The molecule has 0 bridgehead atoms. The van der Waals surface area contributed by atoms with Crippen molar-refractivity contribution in [2.24, 2.45) is 0 Å². The molecule has 0 radical (unpaired) electrons. The van der Waals surface area contributed by atoms with E-state index in [-0.39, 0.29) is 10.0 Å². The second-order valence-corrected chi connectivity index (χ2v) is 8.98. The molecule has 0 spiro atoms. The van der Waals surface area contributed by atoms with Crippen molar-refractivity contribution in [1.29, 1.82) is 0 Å². The highest BCUT2D eigenvalue weighted by atomic mass is 32.2. The van der Waals surface area contributed by atoms with Gasteiger partial charge in [0.15, 0.2) is 5.13 Å². The third kappa shape index (κ3) is 4.27. The lowest BCUT2D eigenvalue weighted by atomic mass is 10.2. The van der Waals surface area contributed by atoms with Crippen LogP contribution in [0.2, 0.25) is 0 Å². The highest BCUT2D eigenvalue weighted by Crippen LogP contribution is 2.29. The molecular weight excluding hydrogens is 389 g/mol. The normalized spacial score (nSPS) is 15.9. The summed E-state index contributed by atoms with van der Waals surface area (Å²) in [6.07, 6.45) is 0. The largest absolute Gasteiger partial charge is 0.379 e. The molecule has 4 rings (SSSR count). The van der Waals surface area contributed by atoms with E-state index in [2.05, 4.69) is 14.6 Å². The minimum atomic E-state index is -3.80. The van der Waals surface area contributed by atoms with Crippen molar-refractivity contribution in [2.75, 3.05) is 31.0 Å². The van der Waals surface area contributed by atoms with E-state index in [1.807, 2.05) is 18.2 Å². The number of thiazole rings is 1. The summed E-state index contributed by atoms with van der Waals surface area (Å²) in [6.45, 7) is 4.14. The molecule has 3 aromatic rings.